The minimum absolute atomic E-state index is 0.230. The fraction of sp³-hybridized carbons (Fsp3) is 0.800. The molecule has 0 saturated carbocycles. The third kappa shape index (κ3) is 2.26. The van der Waals surface area contributed by atoms with E-state index in [0.29, 0.717) is 0 Å². The Hall–Kier alpha value is -0.580. The molecule has 0 aliphatic carbocycles. The standard InChI is InChI=1S/C10H18N2O2/c1-8-6-9(10(13)11-8)7-12-2-4-14-5-3-12/h6,9-11,13H,2-5,7H2,1H3. The molecule has 0 amide bonds. The molecule has 2 N–H and O–H groups in total. The third-order valence-corrected chi connectivity index (χ3v) is 2.82. The highest BCUT2D eigenvalue weighted by molar-refractivity contribution is 5.09. The Bertz CT molecular complexity index is 224. The fourth-order valence-electron chi connectivity index (χ4n) is 2.04. The van der Waals surface area contributed by atoms with Crippen molar-refractivity contribution in [3.63, 3.8) is 0 Å². The quantitative estimate of drug-likeness (QED) is 0.643. The molecule has 2 atom stereocenters. The lowest BCUT2D eigenvalue weighted by Gasteiger charge is -2.29. The maximum atomic E-state index is 9.67. The lowest BCUT2D eigenvalue weighted by molar-refractivity contribution is 0.0195. The number of rotatable bonds is 2. The van der Waals surface area contributed by atoms with E-state index in [2.05, 4.69) is 16.3 Å². The summed E-state index contributed by atoms with van der Waals surface area (Å²) in [5, 5.41) is 12.7. The summed E-state index contributed by atoms with van der Waals surface area (Å²) in [7, 11) is 0. The summed E-state index contributed by atoms with van der Waals surface area (Å²) in [6.07, 6.45) is 1.71. The molecule has 0 aromatic rings. The van der Waals surface area contributed by atoms with E-state index in [1.54, 1.807) is 0 Å². The second kappa shape index (κ2) is 4.29. The summed E-state index contributed by atoms with van der Waals surface area (Å²) in [5.74, 6) is 0.230. The van der Waals surface area contributed by atoms with E-state index in [1.165, 1.54) is 0 Å². The van der Waals surface area contributed by atoms with E-state index >= 15 is 0 Å². The van der Waals surface area contributed by atoms with Crippen LogP contribution in [0.2, 0.25) is 0 Å². The van der Waals surface area contributed by atoms with Gasteiger partial charge in [0.15, 0.2) is 0 Å². The molecule has 2 heterocycles. The minimum Gasteiger partial charge on any atom is -0.379 e. The Morgan fingerprint density at radius 2 is 2.29 bits per heavy atom. The number of aliphatic hydroxyl groups excluding tert-OH is 1. The normalized spacial score (nSPS) is 34.0. The Morgan fingerprint density at radius 1 is 1.57 bits per heavy atom. The molecule has 0 radical (unpaired) electrons. The molecule has 1 fully saturated rings. The van der Waals surface area contributed by atoms with Crippen LogP contribution in [0.25, 0.3) is 0 Å². The van der Waals surface area contributed by atoms with Gasteiger partial charge in [-0.1, -0.05) is 6.08 Å². The molecule has 14 heavy (non-hydrogen) atoms. The zero-order valence-corrected chi connectivity index (χ0v) is 8.57. The molecule has 0 aromatic carbocycles. The zero-order chi connectivity index (χ0) is 9.97. The topological polar surface area (TPSA) is 44.7 Å². The van der Waals surface area contributed by atoms with Crippen LogP contribution in [0.4, 0.5) is 0 Å². The van der Waals surface area contributed by atoms with Crippen molar-refractivity contribution in [3.8, 4) is 0 Å². The van der Waals surface area contributed by atoms with Crippen LogP contribution in [-0.2, 0) is 4.74 Å². The minimum atomic E-state index is -0.405. The average molecular weight is 198 g/mol. The van der Waals surface area contributed by atoms with Crippen molar-refractivity contribution in [1.82, 2.24) is 10.2 Å². The van der Waals surface area contributed by atoms with Gasteiger partial charge >= 0.3 is 0 Å². The number of morpholine rings is 1. The lowest BCUT2D eigenvalue weighted by Crippen LogP contribution is -2.42. The van der Waals surface area contributed by atoms with Gasteiger partial charge < -0.3 is 15.2 Å². The van der Waals surface area contributed by atoms with E-state index in [9.17, 15) is 5.11 Å². The number of aliphatic hydroxyl groups is 1. The fourth-order valence-corrected chi connectivity index (χ4v) is 2.04. The number of hydrogen-bond acceptors (Lipinski definition) is 4. The van der Waals surface area contributed by atoms with Crippen molar-refractivity contribution in [2.45, 2.75) is 13.2 Å². The summed E-state index contributed by atoms with van der Waals surface area (Å²) >= 11 is 0. The lowest BCUT2D eigenvalue weighted by atomic mass is 10.1. The number of allylic oxidation sites excluding steroid dienone is 1. The Labute approximate surface area is 84.5 Å². The number of nitrogens with zero attached hydrogens (tertiary/aromatic N) is 1. The number of nitrogens with one attached hydrogen (secondary N) is 1. The zero-order valence-electron chi connectivity index (χ0n) is 8.57. The molecule has 0 aromatic heterocycles. The molecular weight excluding hydrogens is 180 g/mol. The Morgan fingerprint density at radius 3 is 2.86 bits per heavy atom. The van der Waals surface area contributed by atoms with Gasteiger partial charge in [-0.15, -0.1) is 0 Å². The van der Waals surface area contributed by atoms with Crippen LogP contribution in [0.5, 0.6) is 0 Å². The molecule has 0 bridgehead atoms. The van der Waals surface area contributed by atoms with Gasteiger partial charge in [0.2, 0.25) is 0 Å². The average Bonchev–Trinajstić information content (AvgIpc) is 2.47. The van der Waals surface area contributed by atoms with E-state index in [-0.39, 0.29) is 5.92 Å². The monoisotopic (exact) mass is 198 g/mol. The van der Waals surface area contributed by atoms with Crippen LogP contribution in [0, 0.1) is 5.92 Å². The summed E-state index contributed by atoms with van der Waals surface area (Å²) in [5.41, 5.74) is 1.08. The first-order valence-electron chi connectivity index (χ1n) is 5.19. The van der Waals surface area contributed by atoms with Gasteiger partial charge in [0.05, 0.1) is 13.2 Å². The maximum Gasteiger partial charge on any atom is 0.131 e. The molecule has 4 nitrogen and oxygen atoms in total. The molecule has 4 heteroatoms. The second-order valence-corrected chi connectivity index (χ2v) is 4.02. The van der Waals surface area contributed by atoms with Crippen molar-refractivity contribution < 1.29 is 9.84 Å². The van der Waals surface area contributed by atoms with E-state index in [1.807, 2.05) is 6.92 Å². The van der Waals surface area contributed by atoms with Gasteiger partial charge in [-0.05, 0) is 6.92 Å². The van der Waals surface area contributed by atoms with Gasteiger partial charge in [0, 0.05) is 31.2 Å². The van der Waals surface area contributed by atoms with Crippen molar-refractivity contribution in [2.75, 3.05) is 32.8 Å². The Balaban J connectivity index is 1.84. The number of ether oxygens (including phenoxy) is 1. The second-order valence-electron chi connectivity index (χ2n) is 4.02. The smallest absolute Gasteiger partial charge is 0.131 e. The van der Waals surface area contributed by atoms with Crippen molar-refractivity contribution in [2.24, 2.45) is 5.92 Å². The van der Waals surface area contributed by atoms with E-state index in [0.717, 1.165) is 38.5 Å². The Kier molecular flexibility index (Phi) is 3.05. The third-order valence-electron chi connectivity index (χ3n) is 2.82. The first-order chi connectivity index (χ1) is 6.75. The maximum absolute atomic E-state index is 9.67. The predicted molar refractivity (Wildman–Crippen MR) is 53.6 cm³/mol. The van der Waals surface area contributed by atoms with Gasteiger partial charge in [-0.3, -0.25) is 4.90 Å². The highest BCUT2D eigenvalue weighted by Gasteiger charge is 2.25. The summed E-state index contributed by atoms with van der Waals surface area (Å²) in [6, 6.07) is 0. The predicted octanol–water partition coefficient (Wildman–Crippen LogP) is -0.240. The van der Waals surface area contributed by atoms with Crippen LogP contribution in [0.1, 0.15) is 6.92 Å². The van der Waals surface area contributed by atoms with Crippen molar-refractivity contribution >= 4 is 0 Å². The SMILES string of the molecule is CC1=CC(CN2CCOCC2)C(O)N1. The van der Waals surface area contributed by atoms with Crippen molar-refractivity contribution in [3.05, 3.63) is 11.8 Å². The largest absolute Gasteiger partial charge is 0.379 e. The van der Waals surface area contributed by atoms with E-state index in [4.69, 9.17) is 4.74 Å². The summed E-state index contributed by atoms with van der Waals surface area (Å²) in [4.78, 5) is 2.34. The van der Waals surface area contributed by atoms with Gasteiger partial charge in [-0.25, -0.2) is 0 Å². The van der Waals surface area contributed by atoms with Crippen LogP contribution in [-0.4, -0.2) is 49.1 Å². The summed E-state index contributed by atoms with van der Waals surface area (Å²) in [6.45, 7) is 6.52. The highest BCUT2D eigenvalue weighted by Crippen LogP contribution is 2.16. The first-order valence-corrected chi connectivity index (χ1v) is 5.19. The molecule has 0 spiro atoms. The molecular formula is C10H18N2O2. The molecule has 2 aliphatic heterocycles. The molecule has 2 unspecified atom stereocenters. The van der Waals surface area contributed by atoms with Gasteiger partial charge in [-0.2, -0.15) is 0 Å². The van der Waals surface area contributed by atoms with Crippen LogP contribution in [0.3, 0.4) is 0 Å². The van der Waals surface area contributed by atoms with Gasteiger partial charge in [0.1, 0.15) is 6.23 Å². The van der Waals surface area contributed by atoms with Crippen LogP contribution >= 0.6 is 0 Å². The molecule has 80 valence electrons. The van der Waals surface area contributed by atoms with Gasteiger partial charge in [0.25, 0.3) is 0 Å². The van der Waals surface area contributed by atoms with Crippen molar-refractivity contribution in [1.29, 1.82) is 0 Å². The molecule has 2 rings (SSSR count). The van der Waals surface area contributed by atoms with Crippen LogP contribution in [0.15, 0.2) is 11.8 Å². The van der Waals surface area contributed by atoms with E-state index < -0.39 is 6.23 Å². The highest BCUT2D eigenvalue weighted by atomic mass is 16.5. The number of hydrogen-bond donors (Lipinski definition) is 2. The first kappa shape index (κ1) is 9.96. The summed E-state index contributed by atoms with van der Waals surface area (Å²) < 4.78 is 5.28. The van der Waals surface area contributed by atoms with Crippen LogP contribution < -0.4 is 5.32 Å². The molecule has 1 saturated heterocycles. The molecule has 2 aliphatic rings.